The third kappa shape index (κ3) is 3.31. The van der Waals surface area contributed by atoms with Crippen LogP contribution in [0.1, 0.15) is 15.9 Å². The van der Waals surface area contributed by atoms with Crippen LogP contribution in [0.5, 0.6) is 0 Å². The molecule has 2 rings (SSSR count). The van der Waals surface area contributed by atoms with E-state index in [0.29, 0.717) is 5.56 Å². The maximum absolute atomic E-state index is 11.0. The highest BCUT2D eigenvalue weighted by atomic mass is 79.9. The van der Waals surface area contributed by atoms with Gasteiger partial charge in [-0.25, -0.2) is 4.79 Å². The summed E-state index contributed by atoms with van der Waals surface area (Å²) in [6.45, 7) is 4.99. The SMILES string of the molecule is CN1CCN(Cc2cc(C(=O)O)ccc2Br)CC1. The lowest BCUT2D eigenvalue weighted by atomic mass is 10.1. The molecule has 1 aromatic rings. The Bertz CT molecular complexity index is 443. The van der Waals surface area contributed by atoms with E-state index in [0.717, 1.165) is 42.8 Å². The lowest BCUT2D eigenvalue weighted by Gasteiger charge is -2.32. The van der Waals surface area contributed by atoms with Crippen molar-refractivity contribution in [3.05, 3.63) is 33.8 Å². The smallest absolute Gasteiger partial charge is 0.335 e. The second-order valence-electron chi connectivity index (χ2n) is 4.69. The maximum atomic E-state index is 11.0. The van der Waals surface area contributed by atoms with Crippen molar-refractivity contribution in [3.63, 3.8) is 0 Å². The number of rotatable bonds is 3. The van der Waals surface area contributed by atoms with E-state index in [1.54, 1.807) is 12.1 Å². The first-order valence-corrected chi connectivity index (χ1v) is 6.78. The largest absolute Gasteiger partial charge is 0.478 e. The van der Waals surface area contributed by atoms with Gasteiger partial charge in [0.05, 0.1) is 5.56 Å². The van der Waals surface area contributed by atoms with Crippen molar-refractivity contribution in [2.24, 2.45) is 0 Å². The van der Waals surface area contributed by atoms with Crippen LogP contribution in [-0.4, -0.2) is 54.1 Å². The number of hydrogen-bond donors (Lipinski definition) is 1. The number of halogens is 1. The molecule has 0 aliphatic carbocycles. The van der Waals surface area contributed by atoms with Gasteiger partial charge in [0.1, 0.15) is 0 Å². The van der Waals surface area contributed by atoms with Crippen LogP contribution in [0.25, 0.3) is 0 Å². The first-order valence-electron chi connectivity index (χ1n) is 5.99. The fourth-order valence-corrected chi connectivity index (χ4v) is 2.45. The average molecular weight is 313 g/mol. The summed E-state index contributed by atoms with van der Waals surface area (Å²) in [4.78, 5) is 15.6. The fraction of sp³-hybridized carbons (Fsp3) is 0.462. The molecule has 1 heterocycles. The highest BCUT2D eigenvalue weighted by molar-refractivity contribution is 9.10. The molecule has 18 heavy (non-hydrogen) atoms. The molecule has 0 spiro atoms. The molecular formula is C13H17BrN2O2. The molecule has 0 radical (unpaired) electrons. The summed E-state index contributed by atoms with van der Waals surface area (Å²) in [5.41, 5.74) is 1.39. The molecule has 1 N–H and O–H groups in total. The number of nitrogens with zero attached hydrogens (tertiary/aromatic N) is 2. The molecule has 0 aromatic heterocycles. The van der Waals surface area contributed by atoms with Gasteiger partial charge in [-0.2, -0.15) is 0 Å². The monoisotopic (exact) mass is 312 g/mol. The molecular weight excluding hydrogens is 296 g/mol. The van der Waals surface area contributed by atoms with E-state index in [1.165, 1.54) is 0 Å². The summed E-state index contributed by atoms with van der Waals surface area (Å²) in [6, 6.07) is 5.19. The predicted octanol–water partition coefficient (Wildman–Crippen LogP) is 1.89. The summed E-state index contributed by atoms with van der Waals surface area (Å²) in [5.74, 6) is -0.873. The van der Waals surface area contributed by atoms with Gasteiger partial charge in [0, 0.05) is 37.2 Å². The van der Waals surface area contributed by atoms with E-state index in [9.17, 15) is 4.79 Å². The van der Waals surface area contributed by atoms with Crippen LogP contribution in [0, 0.1) is 0 Å². The van der Waals surface area contributed by atoms with Crippen LogP contribution < -0.4 is 0 Å². The zero-order chi connectivity index (χ0) is 13.1. The maximum Gasteiger partial charge on any atom is 0.335 e. The summed E-state index contributed by atoms with van der Waals surface area (Å²) >= 11 is 3.49. The van der Waals surface area contributed by atoms with Gasteiger partial charge in [0.15, 0.2) is 0 Å². The molecule has 98 valence electrons. The third-order valence-electron chi connectivity index (χ3n) is 3.28. The standard InChI is InChI=1S/C13H17BrN2O2/c1-15-4-6-16(7-5-15)9-11-8-10(13(17)18)2-3-12(11)14/h2-3,8H,4-7,9H2,1H3,(H,17,18). The summed E-state index contributed by atoms with van der Waals surface area (Å²) in [5, 5.41) is 9.01. The number of carbonyl (C=O) groups is 1. The van der Waals surface area contributed by atoms with Gasteiger partial charge in [-0.15, -0.1) is 0 Å². The Balaban J connectivity index is 2.08. The predicted molar refractivity (Wildman–Crippen MR) is 73.9 cm³/mol. The number of piperazine rings is 1. The molecule has 1 aromatic carbocycles. The lowest BCUT2D eigenvalue weighted by Crippen LogP contribution is -2.43. The fourth-order valence-electron chi connectivity index (χ4n) is 2.08. The molecule has 0 saturated carbocycles. The Kier molecular flexibility index (Phi) is 4.37. The van der Waals surface area contributed by atoms with Crippen molar-refractivity contribution in [2.75, 3.05) is 33.2 Å². The van der Waals surface area contributed by atoms with E-state index < -0.39 is 5.97 Å². The molecule has 0 amide bonds. The number of likely N-dealkylation sites (N-methyl/N-ethyl adjacent to an activating group) is 1. The van der Waals surface area contributed by atoms with E-state index >= 15 is 0 Å². The van der Waals surface area contributed by atoms with Gasteiger partial charge < -0.3 is 10.0 Å². The molecule has 5 heteroatoms. The zero-order valence-electron chi connectivity index (χ0n) is 10.4. The average Bonchev–Trinajstić information content (AvgIpc) is 2.34. The number of hydrogen-bond acceptors (Lipinski definition) is 3. The molecule has 1 saturated heterocycles. The minimum Gasteiger partial charge on any atom is -0.478 e. The van der Waals surface area contributed by atoms with Crippen LogP contribution >= 0.6 is 15.9 Å². The minimum absolute atomic E-state index is 0.349. The van der Waals surface area contributed by atoms with Gasteiger partial charge >= 0.3 is 5.97 Å². The Morgan fingerprint density at radius 2 is 2.00 bits per heavy atom. The van der Waals surface area contributed by atoms with Crippen LogP contribution in [0.3, 0.4) is 0 Å². The Labute approximate surface area is 115 Å². The van der Waals surface area contributed by atoms with Crippen LogP contribution in [0.15, 0.2) is 22.7 Å². The number of carboxylic acid groups (broad SMARTS) is 1. The van der Waals surface area contributed by atoms with Crippen molar-refractivity contribution < 1.29 is 9.90 Å². The summed E-state index contributed by atoms with van der Waals surface area (Å²) in [7, 11) is 2.12. The van der Waals surface area contributed by atoms with E-state index in [2.05, 4.69) is 32.8 Å². The highest BCUT2D eigenvalue weighted by Crippen LogP contribution is 2.20. The zero-order valence-corrected chi connectivity index (χ0v) is 12.0. The minimum atomic E-state index is -0.873. The Morgan fingerprint density at radius 3 is 2.61 bits per heavy atom. The molecule has 0 bridgehead atoms. The summed E-state index contributed by atoms with van der Waals surface area (Å²) < 4.78 is 0.978. The van der Waals surface area contributed by atoms with E-state index in [4.69, 9.17) is 5.11 Å². The Morgan fingerprint density at radius 1 is 1.33 bits per heavy atom. The van der Waals surface area contributed by atoms with E-state index in [1.807, 2.05) is 6.07 Å². The van der Waals surface area contributed by atoms with Gasteiger partial charge in [0.2, 0.25) is 0 Å². The van der Waals surface area contributed by atoms with E-state index in [-0.39, 0.29) is 0 Å². The number of carboxylic acids is 1. The molecule has 1 aliphatic heterocycles. The lowest BCUT2D eigenvalue weighted by molar-refractivity contribution is 0.0696. The van der Waals surface area contributed by atoms with Gasteiger partial charge in [-0.05, 0) is 30.8 Å². The first kappa shape index (κ1) is 13.5. The third-order valence-corrected chi connectivity index (χ3v) is 4.06. The molecule has 4 nitrogen and oxygen atoms in total. The van der Waals surface area contributed by atoms with Crippen molar-refractivity contribution in [3.8, 4) is 0 Å². The first-order chi connectivity index (χ1) is 8.56. The van der Waals surface area contributed by atoms with Crippen molar-refractivity contribution >= 4 is 21.9 Å². The molecule has 0 unspecified atom stereocenters. The van der Waals surface area contributed by atoms with Gasteiger partial charge in [-0.1, -0.05) is 15.9 Å². The van der Waals surface area contributed by atoms with Gasteiger partial charge in [-0.3, -0.25) is 4.90 Å². The van der Waals surface area contributed by atoms with Crippen LogP contribution in [0.4, 0.5) is 0 Å². The number of benzene rings is 1. The molecule has 1 aliphatic rings. The van der Waals surface area contributed by atoms with Crippen LogP contribution in [0.2, 0.25) is 0 Å². The molecule has 0 atom stereocenters. The topological polar surface area (TPSA) is 43.8 Å². The summed E-state index contributed by atoms with van der Waals surface area (Å²) in [6.07, 6.45) is 0. The normalized spacial score (nSPS) is 17.9. The second-order valence-corrected chi connectivity index (χ2v) is 5.55. The Hall–Kier alpha value is -0.910. The quantitative estimate of drug-likeness (QED) is 0.925. The van der Waals surface area contributed by atoms with Crippen molar-refractivity contribution in [1.82, 2.24) is 9.80 Å². The highest BCUT2D eigenvalue weighted by Gasteiger charge is 2.15. The van der Waals surface area contributed by atoms with Crippen molar-refractivity contribution in [1.29, 1.82) is 0 Å². The number of aromatic carboxylic acids is 1. The van der Waals surface area contributed by atoms with Crippen LogP contribution in [-0.2, 0) is 6.54 Å². The van der Waals surface area contributed by atoms with Crippen molar-refractivity contribution in [2.45, 2.75) is 6.54 Å². The molecule has 1 fully saturated rings. The second kappa shape index (κ2) is 5.82. The van der Waals surface area contributed by atoms with Gasteiger partial charge in [0.25, 0.3) is 0 Å².